The van der Waals surface area contributed by atoms with Crippen LogP contribution in [0.25, 0.3) is 0 Å². The van der Waals surface area contributed by atoms with Crippen LogP contribution in [0.3, 0.4) is 0 Å². The van der Waals surface area contributed by atoms with Crippen molar-refractivity contribution in [1.82, 2.24) is 10.2 Å². The Morgan fingerprint density at radius 2 is 2.09 bits per heavy atom. The Morgan fingerprint density at radius 3 is 2.77 bits per heavy atom. The molecule has 1 aliphatic carbocycles. The fourth-order valence-corrected chi connectivity index (χ4v) is 5.02. The molecule has 2 rings (SSSR count). The molecular weight excluding hydrogens is 294 g/mol. The summed E-state index contributed by atoms with van der Waals surface area (Å²) < 4.78 is 6.09. The Balaban J connectivity index is 1.77. The predicted molar refractivity (Wildman–Crippen MR) is 96.9 cm³/mol. The molecule has 0 aromatic carbocycles. The summed E-state index contributed by atoms with van der Waals surface area (Å²) in [6, 6.07) is 0. The summed E-state index contributed by atoms with van der Waals surface area (Å²) in [7, 11) is 1.91. The van der Waals surface area contributed by atoms with Gasteiger partial charge < -0.3 is 15.0 Å². The topological polar surface area (TPSA) is 36.9 Å². The van der Waals surface area contributed by atoms with Crippen LogP contribution in [0, 0.1) is 0 Å². The first-order chi connectivity index (χ1) is 10.7. The zero-order valence-electron chi connectivity index (χ0n) is 14.6. The molecule has 0 atom stereocenters. The number of nitrogens with zero attached hydrogens (tertiary/aromatic N) is 2. The van der Waals surface area contributed by atoms with Crippen LogP contribution in [0.2, 0.25) is 0 Å². The van der Waals surface area contributed by atoms with Crippen molar-refractivity contribution in [3.05, 3.63) is 0 Å². The van der Waals surface area contributed by atoms with Gasteiger partial charge in [-0.1, -0.05) is 19.3 Å². The highest BCUT2D eigenvalue weighted by Gasteiger charge is 2.38. The maximum atomic E-state index is 5.60. The third-order valence-electron chi connectivity index (χ3n) is 4.58. The lowest BCUT2D eigenvalue weighted by molar-refractivity contribution is 0.0775. The molecule has 5 heteroatoms. The van der Waals surface area contributed by atoms with Gasteiger partial charge in [0.05, 0.1) is 6.10 Å². The molecule has 0 aromatic heterocycles. The molecule has 0 radical (unpaired) electrons. The van der Waals surface area contributed by atoms with Crippen LogP contribution in [0.15, 0.2) is 4.99 Å². The van der Waals surface area contributed by atoms with Crippen molar-refractivity contribution in [2.45, 2.75) is 63.2 Å². The molecule has 0 unspecified atom stereocenters. The second-order valence-electron chi connectivity index (χ2n) is 6.76. The van der Waals surface area contributed by atoms with E-state index in [1.807, 2.05) is 7.05 Å². The fraction of sp³-hybridized carbons (Fsp3) is 0.941. The van der Waals surface area contributed by atoms with E-state index >= 15 is 0 Å². The van der Waals surface area contributed by atoms with Gasteiger partial charge in [0.15, 0.2) is 5.96 Å². The van der Waals surface area contributed by atoms with Gasteiger partial charge in [0.2, 0.25) is 0 Å². The molecule has 128 valence electrons. The van der Waals surface area contributed by atoms with Crippen LogP contribution >= 0.6 is 11.8 Å². The Labute approximate surface area is 140 Å². The number of aliphatic imine (C=N–C) groups is 1. The third kappa shape index (κ3) is 5.34. The molecule has 1 aliphatic heterocycles. The van der Waals surface area contributed by atoms with Gasteiger partial charge in [-0.25, -0.2) is 0 Å². The van der Waals surface area contributed by atoms with E-state index in [2.05, 4.69) is 40.8 Å². The molecule has 1 N–H and O–H groups in total. The van der Waals surface area contributed by atoms with Crippen LogP contribution in [-0.2, 0) is 4.74 Å². The second-order valence-corrected chi connectivity index (χ2v) is 8.32. The van der Waals surface area contributed by atoms with Gasteiger partial charge in [0, 0.05) is 43.8 Å². The third-order valence-corrected chi connectivity index (χ3v) is 6.12. The van der Waals surface area contributed by atoms with E-state index in [9.17, 15) is 0 Å². The highest BCUT2D eigenvalue weighted by atomic mass is 32.2. The summed E-state index contributed by atoms with van der Waals surface area (Å²) in [6.07, 6.45) is 8.35. The molecule has 2 fully saturated rings. The lowest BCUT2D eigenvalue weighted by Crippen LogP contribution is -2.53. The van der Waals surface area contributed by atoms with Gasteiger partial charge in [0.25, 0.3) is 0 Å². The summed E-state index contributed by atoms with van der Waals surface area (Å²) in [5.74, 6) is 2.31. The summed E-state index contributed by atoms with van der Waals surface area (Å²) in [6.45, 7) is 8.22. The maximum Gasteiger partial charge on any atom is 0.193 e. The van der Waals surface area contributed by atoms with Gasteiger partial charge >= 0.3 is 0 Å². The maximum absolute atomic E-state index is 5.60. The molecule has 1 saturated carbocycles. The van der Waals surface area contributed by atoms with Gasteiger partial charge in [-0.15, -0.1) is 0 Å². The minimum atomic E-state index is 0.324. The zero-order chi connectivity index (χ0) is 15.8. The molecule has 0 bridgehead atoms. The number of nitrogens with one attached hydrogen (secondary N) is 1. The van der Waals surface area contributed by atoms with Crippen molar-refractivity contribution in [3.8, 4) is 0 Å². The van der Waals surface area contributed by atoms with Crippen LogP contribution in [0.5, 0.6) is 0 Å². The first-order valence-electron chi connectivity index (χ1n) is 8.86. The van der Waals surface area contributed by atoms with Crippen molar-refractivity contribution in [1.29, 1.82) is 0 Å². The average Bonchev–Trinajstić information content (AvgIpc) is 2.51. The van der Waals surface area contributed by atoms with E-state index < -0.39 is 0 Å². The van der Waals surface area contributed by atoms with Crippen molar-refractivity contribution < 1.29 is 4.74 Å². The van der Waals surface area contributed by atoms with Gasteiger partial charge in [0.1, 0.15) is 0 Å². The van der Waals surface area contributed by atoms with E-state index in [0.717, 1.165) is 32.1 Å². The summed E-state index contributed by atoms with van der Waals surface area (Å²) >= 11 is 2.21. The van der Waals surface area contributed by atoms with E-state index in [4.69, 9.17) is 4.74 Å². The minimum absolute atomic E-state index is 0.324. The van der Waals surface area contributed by atoms with E-state index in [-0.39, 0.29) is 0 Å². The SMILES string of the molecule is CN=C(NCCCOC(C)C)N1CCSC2(CCCCC2)C1. The quantitative estimate of drug-likeness (QED) is 0.478. The first kappa shape index (κ1) is 17.9. The minimum Gasteiger partial charge on any atom is -0.379 e. The number of thioether (sulfide) groups is 1. The highest BCUT2D eigenvalue weighted by molar-refractivity contribution is 8.00. The Hall–Kier alpha value is -0.420. The molecule has 1 spiro atoms. The molecule has 22 heavy (non-hydrogen) atoms. The molecule has 0 amide bonds. The number of rotatable bonds is 5. The van der Waals surface area contributed by atoms with E-state index in [1.165, 1.54) is 44.4 Å². The lowest BCUT2D eigenvalue weighted by Gasteiger charge is -2.45. The summed E-state index contributed by atoms with van der Waals surface area (Å²) in [5, 5.41) is 3.52. The molecule has 0 aromatic rings. The smallest absolute Gasteiger partial charge is 0.193 e. The zero-order valence-corrected chi connectivity index (χ0v) is 15.4. The van der Waals surface area contributed by atoms with Gasteiger partial charge in [-0.2, -0.15) is 11.8 Å². The molecule has 1 saturated heterocycles. The normalized spacial score (nSPS) is 22.4. The molecule has 2 aliphatic rings. The van der Waals surface area contributed by atoms with Gasteiger partial charge in [-0.3, -0.25) is 4.99 Å². The number of hydrogen-bond donors (Lipinski definition) is 1. The standard InChI is InChI=1S/C17H33N3OS/c1-15(2)21-12-7-10-19-16(18-3)20-11-13-22-17(14-20)8-5-4-6-9-17/h15H,4-14H2,1-3H3,(H,18,19). The molecular formula is C17H33N3OS. The average molecular weight is 328 g/mol. The van der Waals surface area contributed by atoms with Crippen LogP contribution in [0.4, 0.5) is 0 Å². The fourth-order valence-electron chi connectivity index (χ4n) is 3.45. The first-order valence-corrected chi connectivity index (χ1v) is 9.85. The van der Waals surface area contributed by atoms with E-state index in [1.54, 1.807) is 0 Å². The van der Waals surface area contributed by atoms with Crippen molar-refractivity contribution >= 4 is 17.7 Å². The Bertz CT molecular complexity index is 348. The van der Waals surface area contributed by atoms with Crippen molar-refractivity contribution in [3.63, 3.8) is 0 Å². The lowest BCUT2D eigenvalue weighted by atomic mass is 9.87. The Kier molecular flexibility index (Phi) is 7.35. The number of hydrogen-bond acceptors (Lipinski definition) is 3. The summed E-state index contributed by atoms with van der Waals surface area (Å²) in [4.78, 5) is 6.98. The van der Waals surface area contributed by atoms with Gasteiger partial charge in [-0.05, 0) is 33.1 Å². The van der Waals surface area contributed by atoms with Crippen molar-refractivity contribution in [2.75, 3.05) is 39.0 Å². The highest BCUT2D eigenvalue weighted by Crippen LogP contribution is 2.42. The Morgan fingerprint density at radius 1 is 1.32 bits per heavy atom. The predicted octanol–water partition coefficient (Wildman–Crippen LogP) is 3.13. The van der Waals surface area contributed by atoms with Crippen LogP contribution in [0.1, 0.15) is 52.4 Å². The molecule has 4 nitrogen and oxygen atoms in total. The number of guanidine groups is 1. The second kappa shape index (κ2) is 9.02. The molecule has 1 heterocycles. The van der Waals surface area contributed by atoms with Crippen LogP contribution < -0.4 is 5.32 Å². The monoisotopic (exact) mass is 327 g/mol. The number of ether oxygens (including phenoxy) is 1. The summed E-state index contributed by atoms with van der Waals surface area (Å²) in [5.41, 5.74) is 0. The van der Waals surface area contributed by atoms with E-state index in [0.29, 0.717) is 10.9 Å². The largest absolute Gasteiger partial charge is 0.379 e. The van der Waals surface area contributed by atoms with Crippen LogP contribution in [-0.4, -0.2) is 60.8 Å². The van der Waals surface area contributed by atoms with Crippen molar-refractivity contribution in [2.24, 2.45) is 4.99 Å².